The van der Waals surface area contributed by atoms with E-state index >= 15 is 0 Å². The molecular formula is C32H56N2O4Si. The Hall–Kier alpha value is -1.70. The van der Waals surface area contributed by atoms with E-state index in [1.54, 1.807) is 11.9 Å². The zero-order valence-corrected chi connectivity index (χ0v) is 27.7. The number of benzene rings is 1. The fraction of sp³-hybridized carbons (Fsp3) is 0.750. The van der Waals surface area contributed by atoms with E-state index < -0.39 is 13.9 Å². The number of piperidine rings is 1. The molecule has 1 heterocycles. The zero-order chi connectivity index (χ0) is 29.6. The molecule has 1 aromatic carbocycles. The van der Waals surface area contributed by atoms with Crippen molar-refractivity contribution in [2.75, 3.05) is 26.7 Å². The lowest BCUT2D eigenvalue weighted by molar-refractivity contribution is 0.0275. The van der Waals surface area contributed by atoms with Gasteiger partial charge in [0, 0.05) is 31.6 Å². The van der Waals surface area contributed by atoms with Crippen LogP contribution in [0.1, 0.15) is 110 Å². The van der Waals surface area contributed by atoms with Gasteiger partial charge in [-0.05, 0) is 103 Å². The highest BCUT2D eigenvalue weighted by Gasteiger charge is 2.39. The zero-order valence-electron chi connectivity index (χ0n) is 26.7. The van der Waals surface area contributed by atoms with Gasteiger partial charge in [0.25, 0.3) is 0 Å². The van der Waals surface area contributed by atoms with Gasteiger partial charge < -0.3 is 19.0 Å². The summed E-state index contributed by atoms with van der Waals surface area (Å²) < 4.78 is 12.4. The van der Waals surface area contributed by atoms with Gasteiger partial charge in [0.1, 0.15) is 5.60 Å². The highest BCUT2D eigenvalue weighted by molar-refractivity contribution is 6.74. The predicted molar refractivity (Wildman–Crippen MR) is 164 cm³/mol. The molecule has 6 nitrogen and oxygen atoms in total. The van der Waals surface area contributed by atoms with E-state index in [4.69, 9.17) is 9.16 Å². The van der Waals surface area contributed by atoms with Crippen molar-refractivity contribution in [3.8, 4) is 0 Å². The van der Waals surface area contributed by atoms with Crippen molar-refractivity contribution in [2.24, 2.45) is 5.92 Å². The van der Waals surface area contributed by atoms with Crippen LogP contribution in [0.4, 0.5) is 4.79 Å². The summed E-state index contributed by atoms with van der Waals surface area (Å²) in [6, 6.07) is 8.60. The van der Waals surface area contributed by atoms with Crippen LogP contribution < -0.4 is 0 Å². The molecule has 1 amide bonds. The molecular weight excluding hydrogens is 504 g/mol. The second-order valence-electron chi connectivity index (χ2n) is 14.2. The SMILES string of the molecule is CC(C)N1CCC(CCC(=O)c2ccc(C(CCN(C)C(=O)OC(C)(C)C)O[Si](C)(C)C(C)(C)C)cc2)CC1. The van der Waals surface area contributed by atoms with Crippen molar-refractivity contribution < 1.29 is 18.8 Å². The first kappa shape index (κ1) is 33.5. The van der Waals surface area contributed by atoms with Crippen LogP contribution in [-0.4, -0.2) is 68.3 Å². The third-order valence-corrected chi connectivity index (χ3v) is 12.9. The van der Waals surface area contributed by atoms with Gasteiger partial charge in [-0.3, -0.25) is 4.79 Å². The second-order valence-corrected chi connectivity index (χ2v) is 19.0. The molecule has 1 aromatic rings. The Bertz CT molecular complexity index is 923. The number of Topliss-reactive ketones (excluding diaryl/α,β-unsaturated/α-hetero) is 1. The highest BCUT2D eigenvalue weighted by atomic mass is 28.4. The maximum atomic E-state index is 13.0. The molecule has 2 rings (SSSR count). The van der Waals surface area contributed by atoms with Crippen molar-refractivity contribution in [1.29, 1.82) is 0 Å². The minimum Gasteiger partial charge on any atom is -0.444 e. The van der Waals surface area contributed by atoms with Crippen molar-refractivity contribution in [1.82, 2.24) is 9.80 Å². The van der Waals surface area contributed by atoms with Gasteiger partial charge in [-0.15, -0.1) is 0 Å². The molecule has 0 spiro atoms. The van der Waals surface area contributed by atoms with Crippen LogP contribution in [0.25, 0.3) is 0 Å². The Morgan fingerprint density at radius 2 is 1.59 bits per heavy atom. The van der Waals surface area contributed by atoms with Crippen LogP contribution >= 0.6 is 0 Å². The summed E-state index contributed by atoms with van der Waals surface area (Å²) in [6.07, 6.45) is 4.13. The Labute approximate surface area is 239 Å². The summed E-state index contributed by atoms with van der Waals surface area (Å²) in [5.41, 5.74) is 1.29. The van der Waals surface area contributed by atoms with Crippen LogP contribution in [0.2, 0.25) is 18.1 Å². The first-order valence-corrected chi connectivity index (χ1v) is 17.8. The largest absolute Gasteiger partial charge is 0.444 e. The van der Waals surface area contributed by atoms with E-state index in [1.165, 1.54) is 12.8 Å². The van der Waals surface area contributed by atoms with E-state index in [2.05, 4.69) is 52.6 Å². The standard InChI is InChI=1S/C32H56N2O4Si/c1-24(2)34-22-18-25(19-23-34)12-17-28(35)26-13-15-27(16-14-26)29(38-39(10,11)32(6,7)8)20-21-33(9)30(36)37-31(3,4)5/h13-16,24-25,29H,12,17-23H2,1-11H3. The average Bonchev–Trinajstić information content (AvgIpc) is 2.83. The Morgan fingerprint density at radius 1 is 1.03 bits per heavy atom. The monoisotopic (exact) mass is 560 g/mol. The Morgan fingerprint density at radius 3 is 2.08 bits per heavy atom. The highest BCUT2D eigenvalue weighted by Crippen LogP contribution is 2.40. The fourth-order valence-electron chi connectivity index (χ4n) is 4.69. The number of hydrogen-bond donors (Lipinski definition) is 0. The minimum atomic E-state index is -2.07. The molecule has 1 saturated heterocycles. The number of nitrogens with zero attached hydrogens (tertiary/aromatic N) is 2. The molecule has 39 heavy (non-hydrogen) atoms. The lowest BCUT2D eigenvalue weighted by atomic mass is 9.89. The summed E-state index contributed by atoms with van der Waals surface area (Å²) in [5, 5.41) is 0.0591. The van der Waals surface area contributed by atoms with E-state index in [0.29, 0.717) is 31.3 Å². The van der Waals surface area contributed by atoms with Gasteiger partial charge in [-0.2, -0.15) is 0 Å². The quantitative estimate of drug-likeness (QED) is 0.202. The molecule has 0 saturated carbocycles. The molecule has 1 unspecified atom stereocenters. The smallest absolute Gasteiger partial charge is 0.410 e. The van der Waals surface area contributed by atoms with Crippen molar-refractivity contribution >= 4 is 20.2 Å². The van der Waals surface area contributed by atoms with E-state index in [1.807, 2.05) is 45.0 Å². The van der Waals surface area contributed by atoms with E-state index in [9.17, 15) is 9.59 Å². The lowest BCUT2D eigenvalue weighted by Crippen LogP contribution is -2.42. The van der Waals surface area contributed by atoms with Crippen molar-refractivity contribution in [3.05, 3.63) is 35.4 Å². The number of ether oxygens (including phenoxy) is 1. The van der Waals surface area contributed by atoms with Gasteiger partial charge in [0.05, 0.1) is 6.10 Å². The van der Waals surface area contributed by atoms with Crippen LogP contribution in [-0.2, 0) is 9.16 Å². The first-order chi connectivity index (χ1) is 17.9. The normalized spacial score (nSPS) is 16.8. The molecule has 0 bridgehead atoms. The topological polar surface area (TPSA) is 59.1 Å². The van der Waals surface area contributed by atoms with Crippen molar-refractivity contribution in [3.63, 3.8) is 0 Å². The third-order valence-electron chi connectivity index (χ3n) is 8.44. The predicted octanol–water partition coefficient (Wildman–Crippen LogP) is 8.09. The Kier molecular flexibility index (Phi) is 11.8. The maximum Gasteiger partial charge on any atom is 0.410 e. The molecule has 1 aliphatic heterocycles. The summed E-state index contributed by atoms with van der Waals surface area (Å²) in [6.45, 7) is 24.2. The Balaban J connectivity index is 2.06. The number of likely N-dealkylation sites (tertiary alicyclic amines) is 1. The van der Waals surface area contributed by atoms with Crippen LogP contribution in [0.15, 0.2) is 24.3 Å². The second kappa shape index (κ2) is 13.8. The minimum absolute atomic E-state index is 0.0591. The molecule has 1 aliphatic rings. The van der Waals surface area contributed by atoms with Crippen LogP contribution in [0.3, 0.4) is 0 Å². The van der Waals surface area contributed by atoms with Crippen LogP contribution in [0.5, 0.6) is 0 Å². The summed E-state index contributed by atoms with van der Waals surface area (Å²) in [7, 11) is -0.303. The summed E-state index contributed by atoms with van der Waals surface area (Å²) >= 11 is 0. The molecule has 0 radical (unpaired) electrons. The molecule has 0 aromatic heterocycles. The van der Waals surface area contributed by atoms with Gasteiger partial charge in [0.2, 0.25) is 0 Å². The number of ketones is 1. The molecule has 1 atom stereocenters. The molecule has 0 aliphatic carbocycles. The number of carbonyl (C=O) groups excluding carboxylic acids is 2. The van der Waals surface area contributed by atoms with E-state index in [-0.39, 0.29) is 23.0 Å². The van der Waals surface area contributed by atoms with Gasteiger partial charge in [-0.1, -0.05) is 45.0 Å². The van der Waals surface area contributed by atoms with Crippen LogP contribution in [0, 0.1) is 5.92 Å². The molecule has 1 fully saturated rings. The average molecular weight is 561 g/mol. The molecule has 7 heteroatoms. The van der Waals surface area contributed by atoms with Gasteiger partial charge in [0.15, 0.2) is 14.1 Å². The number of rotatable bonds is 11. The number of carbonyl (C=O) groups is 2. The fourth-order valence-corrected chi connectivity index (χ4v) is 6.01. The molecule has 0 N–H and O–H groups in total. The number of amides is 1. The van der Waals surface area contributed by atoms with Gasteiger partial charge >= 0.3 is 6.09 Å². The first-order valence-electron chi connectivity index (χ1n) is 14.9. The van der Waals surface area contributed by atoms with Gasteiger partial charge in [-0.25, -0.2) is 4.79 Å². The van der Waals surface area contributed by atoms with E-state index in [0.717, 1.165) is 30.6 Å². The molecule has 222 valence electrons. The maximum absolute atomic E-state index is 13.0. The number of hydrogen-bond acceptors (Lipinski definition) is 5. The summed E-state index contributed by atoms with van der Waals surface area (Å²) in [5.74, 6) is 0.868. The van der Waals surface area contributed by atoms with Crippen molar-refractivity contribution in [2.45, 2.75) is 123 Å². The third kappa shape index (κ3) is 10.7. The summed E-state index contributed by atoms with van der Waals surface area (Å²) in [4.78, 5) is 29.7. The lowest BCUT2D eigenvalue weighted by Gasteiger charge is -2.40.